The van der Waals surface area contributed by atoms with Crippen LogP contribution in [0.15, 0.2) is 0 Å². The van der Waals surface area contributed by atoms with Crippen LogP contribution in [0.4, 0.5) is 0 Å². The molecule has 0 radical (unpaired) electrons. The summed E-state index contributed by atoms with van der Waals surface area (Å²) in [6, 6.07) is 1.35. The number of hydrogen-bond acceptors (Lipinski definition) is 3. The Kier molecular flexibility index (Phi) is 6.61. The van der Waals surface area contributed by atoms with Crippen LogP contribution in [0.2, 0.25) is 0 Å². The molecule has 2 unspecified atom stereocenters. The van der Waals surface area contributed by atoms with Gasteiger partial charge in [-0.15, -0.1) is 0 Å². The summed E-state index contributed by atoms with van der Waals surface area (Å²) in [5.41, 5.74) is 0.345. The van der Waals surface area contributed by atoms with Gasteiger partial charge in [-0.05, 0) is 52.2 Å². The number of nitrogens with one attached hydrogen (secondary N) is 2. The van der Waals surface area contributed by atoms with Crippen molar-refractivity contribution in [3.63, 3.8) is 0 Å². The van der Waals surface area contributed by atoms with Crippen molar-refractivity contribution < 1.29 is 0 Å². The third kappa shape index (κ3) is 6.72. The van der Waals surface area contributed by atoms with Crippen molar-refractivity contribution in [2.75, 3.05) is 33.7 Å². The highest BCUT2D eigenvalue weighted by Crippen LogP contribution is 2.16. The van der Waals surface area contributed by atoms with Gasteiger partial charge in [-0.2, -0.15) is 0 Å². The molecule has 1 aliphatic rings. The van der Waals surface area contributed by atoms with Crippen molar-refractivity contribution >= 4 is 0 Å². The fourth-order valence-corrected chi connectivity index (χ4v) is 3.00. The van der Waals surface area contributed by atoms with E-state index in [0.29, 0.717) is 11.5 Å². The van der Waals surface area contributed by atoms with Crippen LogP contribution in [-0.4, -0.2) is 50.7 Å². The first kappa shape index (κ1) is 15.9. The molecule has 0 aromatic heterocycles. The SMILES string of the molecule is CC(CC1CCCCN1)NCC(C)(C)CN(C)C. The molecule has 0 aromatic rings. The minimum atomic E-state index is 0.345. The molecule has 1 aliphatic heterocycles. The Hall–Kier alpha value is -0.120. The normalized spacial score (nSPS) is 23.3. The van der Waals surface area contributed by atoms with Gasteiger partial charge in [0, 0.05) is 25.2 Å². The molecule has 1 saturated heterocycles. The summed E-state index contributed by atoms with van der Waals surface area (Å²) >= 11 is 0. The monoisotopic (exact) mass is 255 g/mol. The quantitative estimate of drug-likeness (QED) is 0.729. The maximum atomic E-state index is 3.71. The average molecular weight is 255 g/mol. The lowest BCUT2D eigenvalue weighted by Crippen LogP contribution is -2.44. The van der Waals surface area contributed by atoms with Crippen LogP contribution in [0.1, 0.15) is 46.5 Å². The van der Waals surface area contributed by atoms with Crippen LogP contribution in [-0.2, 0) is 0 Å². The Labute approximate surface area is 114 Å². The van der Waals surface area contributed by atoms with E-state index in [1.54, 1.807) is 0 Å². The number of hydrogen-bond donors (Lipinski definition) is 2. The Morgan fingerprint density at radius 1 is 1.33 bits per heavy atom. The molecule has 2 N–H and O–H groups in total. The molecule has 108 valence electrons. The van der Waals surface area contributed by atoms with E-state index in [4.69, 9.17) is 0 Å². The molecule has 0 saturated carbocycles. The molecule has 0 aromatic carbocycles. The lowest BCUT2D eigenvalue weighted by atomic mass is 9.92. The first-order chi connectivity index (χ1) is 8.39. The summed E-state index contributed by atoms with van der Waals surface area (Å²) in [4.78, 5) is 2.27. The molecule has 0 aliphatic carbocycles. The van der Waals surface area contributed by atoms with Crippen LogP contribution in [0.25, 0.3) is 0 Å². The van der Waals surface area contributed by atoms with Gasteiger partial charge in [0.2, 0.25) is 0 Å². The van der Waals surface area contributed by atoms with Gasteiger partial charge < -0.3 is 15.5 Å². The summed E-state index contributed by atoms with van der Waals surface area (Å²) in [5, 5.41) is 7.34. The van der Waals surface area contributed by atoms with Crippen LogP contribution >= 0.6 is 0 Å². The largest absolute Gasteiger partial charge is 0.314 e. The van der Waals surface area contributed by atoms with Crippen LogP contribution < -0.4 is 10.6 Å². The Morgan fingerprint density at radius 2 is 2.06 bits per heavy atom. The minimum absolute atomic E-state index is 0.345. The molecule has 0 bridgehead atoms. The number of nitrogens with zero attached hydrogens (tertiary/aromatic N) is 1. The highest BCUT2D eigenvalue weighted by atomic mass is 15.1. The van der Waals surface area contributed by atoms with Gasteiger partial charge in [-0.3, -0.25) is 0 Å². The Balaban J connectivity index is 2.20. The van der Waals surface area contributed by atoms with Gasteiger partial charge in [0.25, 0.3) is 0 Å². The van der Waals surface area contributed by atoms with E-state index in [2.05, 4.69) is 50.4 Å². The predicted molar refractivity (Wildman–Crippen MR) is 80.1 cm³/mol. The van der Waals surface area contributed by atoms with Crippen molar-refractivity contribution in [3.8, 4) is 0 Å². The van der Waals surface area contributed by atoms with E-state index in [1.807, 2.05) is 0 Å². The van der Waals surface area contributed by atoms with Crippen LogP contribution in [0.5, 0.6) is 0 Å². The number of piperidine rings is 1. The van der Waals surface area contributed by atoms with Gasteiger partial charge in [-0.25, -0.2) is 0 Å². The molecule has 3 nitrogen and oxygen atoms in total. The fourth-order valence-electron chi connectivity index (χ4n) is 3.00. The summed E-state index contributed by atoms with van der Waals surface area (Å²) in [6.07, 6.45) is 5.37. The summed E-state index contributed by atoms with van der Waals surface area (Å²) in [6.45, 7) is 10.4. The van der Waals surface area contributed by atoms with Crippen LogP contribution in [0.3, 0.4) is 0 Å². The lowest BCUT2D eigenvalue weighted by molar-refractivity contribution is 0.221. The number of rotatable bonds is 7. The van der Waals surface area contributed by atoms with Gasteiger partial charge in [0.05, 0.1) is 0 Å². The molecular formula is C15H33N3. The maximum absolute atomic E-state index is 3.71. The third-order valence-corrected chi connectivity index (χ3v) is 3.72. The topological polar surface area (TPSA) is 27.3 Å². The fraction of sp³-hybridized carbons (Fsp3) is 1.00. The van der Waals surface area contributed by atoms with E-state index >= 15 is 0 Å². The Morgan fingerprint density at radius 3 is 2.61 bits per heavy atom. The van der Waals surface area contributed by atoms with Crippen molar-refractivity contribution in [2.45, 2.75) is 58.5 Å². The average Bonchev–Trinajstić information content (AvgIpc) is 2.26. The van der Waals surface area contributed by atoms with Gasteiger partial charge in [0.1, 0.15) is 0 Å². The standard InChI is InChI=1S/C15H33N3/c1-13(10-14-8-6-7-9-16-14)17-11-15(2,3)12-18(4)5/h13-14,16-17H,6-12H2,1-5H3. The highest BCUT2D eigenvalue weighted by Gasteiger charge is 2.21. The summed E-state index contributed by atoms with van der Waals surface area (Å²) < 4.78 is 0. The molecule has 1 rings (SSSR count). The second-order valence-electron chi connectivity index (χ2n) is 7.07. The lowest BCUT2D eigenvalue weighted by Gasteiger charge is -2.32. The predicted octanol–water partition coefficient (Wildman–Crippen LogP) is 2.08. The minimum Gasteiger partial charge on any atom is -0.314 e. The van der Waals surface area contributed by atoms with Crippen molar-refractivity contribution in [2.24, 2.45) is 5.41 Å². The highest BCUT2D eigenvalue weighted by molar-refractivity contribution is 4.80. The first-order valence-electron chi connectivity index (χ1n) is 7.50. The van der Waals surface area contributed by atoms with Crippen molar-refractivity contribution in [3.05, 3.63) is 0 Å². The van der Waals surface area contributed by atoms with E-state index in [-0.39, 0.29) is 0 Å². The van der Waals surface area contributed by atoms with Crippen molar-refractivity contribution in [1.82, 2.24) is 15.5 Å². The van der Waals surface area contributed by atoms with E-state index < -0.39 is 0 Å². The first-order valence-corrected chi connectivity index (χ1v) is 7.50. The van der Waals surface area contributed by atoms with Crippen molar-refractivity contribution in [1.29, 1.82) is 0 Å². The van der Waals surface area contributed by atoms with E-state index in [0.717, 1.165) is 19.1 Å². The van der Waals surface area contributed by atoms with E-state index in [9.17, 15) is 0 Å². The molecule has 0 spiro atoms. The Bertz CT molecular complexity index is 220. The zero-order valence-electron chi connectivity index (χ0n) is 13.1. The summed E-state index contributed by atoms with van der Waals surface area (Å²) in [5.74, 6) is 0. The van der Waals surface area contributed by atoms with Gasteiger partial charge in [0.15, 0.2) is 0 Å². The van der Waals surface area contributed by atoms with Gasteiger partial charge in [-0.1, -0.05) is 20.3 Å². The summed E-state index contributed by atoms with van der Waals surface area (Å²) in [7, 11) is 4.30. The second kappa shape index (κ2) is 7.46. The van der Waals surface area contributed by atoms with Crippen LogP contribution in [0, 0.1) is 5.41 Å². The van der Waals surface area contributed by atoms with E-state index in [1.165, 1.54) is 32.2 Å². The zero-order chi connectivity index (χ0) is 13.6. The molecule has 1 fully saturated rings. The maximum Gasteiger partial charge on any atom is 0.00817 e. The smallest absolute Gasteiger partial charge is 0.00817 e. The molecule has 1 heterocycles. The molecule has 2 atom stereocenters. The van der Waals surface area contributed by atoms with Gasteiger partial charge >= 0.3 is 0 Å². The molecule has 0 amide bonds. The second-order valence-corrected chi connectivity index (χ2v) is 7.07. The molecule has 18 heavy (non-hydrogen) atoms. The molecular weight excluding hydrogens is 222 g/mol. The zero-order valence-corrected chi connectivity index (χ0v) is 13.1. The molecule has 3 heteroatoms. The third-order valence-electron chi connectivity index (χ3n) is 3.72.